The molecule has 2 amide bonds. The molecule has 2 fully saturated rings. The van der Waals surface area contributed by atoms with E-state index in [4.69, 9.17) is 0 Å². The van der Waals surface area contributed by atoms with Gasteiger partial charge in [-0.3, -0.25) is 9.59 Å². The molecule has 0 bridgehead atoms. The van der Waals surface area contributed by atoms with Crippen LogP contribution in [-0.2, 0) is 9.59 Å². The molecular weight excluding hydrogens is 368 g/mol. The zero-order valence-electron chi connectivity index (χ0n) is 16.0. The molecule has 1 saturated carbocycles. The summed E-state index contributed by atoms with van der Waals surface area (Å²) in [5.74, 6) is 1.77. The Kier molecular flexibility index (Phi) is 6.01. The predicted molar refractivity (Wildman–Crippen MR) is 112 cm³/mol. The summed E-state index contributed by atoms with van der Waals surface area (Å²) in [4.78, 5) is 30.3. The van der Waals surface area contributed by atoms with E-state index < -0.39 is 0 Å². The van der Waals surface area contributed by atoms with Crippen LogP contribution in [0.4, 0.5) is 0 Å². The molecule has 1 aliphatic heterocycles. The van der Waals surface area contributed by atoms with Gasteiger partial charge >= 0.3 is 0 Å². The number of hydrogen-bond acceptors (Lipinski definition) is 3. The minimum atomic E-state index is 0.131. The minimum absolute atomic E-state index is 0.131. The number of amides is 2. The van der Waals surface area contributed by atoms with E-state index in [-0.39, 0.29) is 17.7 Å². The van der Waals surface area contributed by atoms with Crippen molar-refractivity contribution in [2.75, 3.05) is 31.9 Å². The first kappa shape index (κ1) is 19.1. The number of hydrogen-bond donors (Lipinski definition) is 0. The van der Waals surface area contributed by atoms with E-state index in [1.54, 1.807) is 11.8 Å². The van der Waals surface area contributed by atoms with Crippen LogP contribution < -0.4 is 0 Å². The molecule has 1 heterocycles. The van der Waals surface area contributed by atoms with E-state index >= 15 is 0 Å². The molecule has 0 radical (unpaired) electrons. The molecule has 2 aromatic carbocycles. The van der Waals surface area contributed by atoms with Crippen LogP contribution in [0.5, 0.6) is 0 Å². The highest BCUT2D eigenvalue weighted by Gasteiger charge is 2.46. The summed E-state index contributed by atoms with van der Waals surface area (Å²) in [6.45, 7) is 2.63. The summed E-state index contributed by atoms with van der Waals surface area (Å²) in [5.41, 5.74) is 1.27. The molecule has 1 aliphatic carbocycles. The number of rotatable bonds is 6. The Morgan fingerprint density at radius 2 is 1.46 bits per heavy atom. The first-order valence-electron chi connectivity index (χ1n) is 10.0. The summed E-state index contributed by atoms with van der Waals surface area (Å²) in [6, 6.07) is 20.5. The van der Waals surface area contributed by atoms with Gasteiger partial charge in [-0.25, -0.2) is 0 Å². The van der Waals surface area contributed by atoms with Crippen molar-refractivity contribution in [1.82, 2.24) is 9.80 Å². The second kappa shape index (κ2) is 8.82. The van der Waals surface area contributed by atoms with Gasteiger partial charge in [0.2, 0.25) is 11.8 Å². The van der Waals surface area contributed by atoms with Crippen molar-refractivity contribution in [3.8, 4) is 0 Å². The summed E-state index contributed by atoms with van der Waals surface area (Å²) in [7, 11) is 0. The van der Waals surface area contributed by atoms with Crippen molar-refractivity contribution in [1.29, 1.82) is 0 Å². The predicted octanol–water partition coefficient (Wildman–Crippen LogP) is 3.64. The van der Waals surface area contributed by atoms with E-state index in [1.165, 1.54) is 10.5 Å². The van der Waals surface area contributed by atoms with Crippen molar-refractivity contribution in [2.24, 2.45) is 5.92 Å². The Morgan fingerprint density at radius 1 is 0.857 bits per heavy atom. The highest BCUT2D eigenvalue weighted by Crippen LogP contribution is 2.48. The van der Waals surface area contributed by atoms with Crippen molar-refractivity contribution >= 4 is 23.6 Å². The fourth-order valence-electron chi connectivity index (χ4n) is 3.88. The van der Waals surface area contributed by atoms with E-state index in [9.17, 15) is 9.59 Å². The standard InChI is InChI=1S/C23H26N2O2S/c26-22(11-16-28-19-9-5-2-6-10-19)24-12-14-25(15-13-24)23(27)21-17-20(21)18-7-3-1-4-8-18/h1-10,20-21H,11-17H2/t20-,21-/m0/s1. The van der Waals surface area contributed by atoms with Crippen molar-refractivity contribution in [3.63, 3.8) is 0 Å². The van der Waals surface area contributed by atoms with E-state index in [1.807, 2.05) is 46.2 Å². The lowest BCUT2D eigenvalue weighted by Crippen LogP contribution is -2.51. The average molecular weight is 395 g/mol. The molecule has 0 aromatic heterocycles. The van der Waals surface area contributed by atoms with Crippen molar-refractivity contribution < 1.29 is 9.59 Å². The van der Waals surface area contributed by atoms with Crippen LogP contribution in [0.15, 0.2) is 65.6 Å². The van der Waals surface area contributed by atoms with Crippen LogP contribution in [0.25, 0.3) is 0 Å². The maximum Gasteiger partial charge on any atom is 0.226 e. The molecule has 5 heteroatoms. The van der Waals surface area contributed by atoms with E-state index in [0.29, 0.717) is 38.5 Å². The van der Waals surface area contributed by atoms with Crippen LogP contribution in [0.1, 0.15) is 24.3 Å². The van der Waals surface area contributed by atoms with Gasteiger partial charge in [0.15, 0.2) is 0 Å². The Hall–Kier alpha value is -2.27. The monoisotopic (exact) mass is 394 g/mol. The Labute approximate surface area is 170 Å². The number of benzene rings is 2. The summed E-state index contributed by atoms with van der Waals surface area (Å²) in [6.07, 6.45) is 1.50. The molecule has 2 atom stereocenters. The van der Waals surface area contributed by atoms with Crippen LogP contribution >= 0.6 is 11.8 Å². The Morgan fingerprint density at radius 3 is 2.14 bits per heavy atom. The smallest absolute Gasteiger partial charge is 0.226 e. The molecule has 4 rings (SSSR count). The molecule has 2 aliphatic rings. The number of piperazine rings is 1. The molecule has 2 aromatic rings. The van der Waals surface area contributed by atoms with E-state index in [0.717, 1.165) is 12.2 Å². The van der Waals surface area contributed by atoms with Gasteiger partial charge in [0.05, 0.1) is 0 Å². The largest absolute Gasteiger partial charge is 0.339 e. The number of carbonyl (C=O) groups is 2. The Balaban J connectivity index is 1.19. The first-order chi connectivity index (χ1) is 13.7. The minimum Gasteiger partial charge on any atom is -0.339 e. The number of thioether (sulfide) groups is 1. The van der Waals surface area contributed by atoms with Crippen LogP contribution in [0.2, 0.25) is 0 Å². The molecule has 1 saturated heterocycles. The topological polar surface area (TPSA) is 40.6 Å². The lowest BCUT2D eigenvalue weighted by Gasteiger charge is -2.35. The molecule has 0 N–H and O–H groups in total. The second-order valence-corrected chi connectivity index (χ2v) is 8.65. The van der Waals surface area contributed by atoms with Gasteiger partial charge < -0.3 is 9.80 Å². The lowest BCUT2D eigenvalue weighted by atomic mass is 10.1. The third-order valence-corrected chi connectivity index (χ3v) is 6.62. The average Bonchev–Trinajstić information content (AvgIpc) is 3.56. The van der Waals surface area contributed by atoms with Crippen LogP contribution in [-0.4, -0.2) is 53.5 Å². The lowest BCUT2D eigenvalue weighted by molar-refractivity contribution is -0.140. The Bertz CT molecular complexity index is 804. The van der Waals surface area contributed by atoms with Gasteiger partial charge in [-0.1, -0.05) is 48.5 Å². The second-order valence-electron chi connectivity index (χ2n) is 7.48. The molecule has 28 heavy (non-hydrogen) atoms. The highest BCUT2D eigenvalue weighted by atomic mass is 32.2. The zero-order chi connectivity index (χ0) is 19.3. The molecule has 0 spiro atoms. The molecule has 146 valence electrons. The number of carbonyl (C=O) groups excluding carboxylic acids is 2. The third-order valence-electron chi connectivity index (χ3n) is 5.61. The summed E-state index contributed by atoms with van der Waals surface area (Å²) in [5, 5.41) is 0. The first-order valence-corrected chi connectivity index (χ1v) is 11.0. The highest BCUT2D eigenvalue weighted by molar-refractivity contribution is 7.99. The van der Waals surface area contributed by atoms with Crippen LogP contribution in [0, 0.1) is 5.92 Å². The maximum atomic E-state index is 12.8. The maximum absolute atomic E-state index is 12.8. The SMILES string of the molecule is O=C(CCSc1ccccc1)N1CCN(C(=O)[C@H]2C[C@H]2c2ccccc2)CC1. The van der Waals surface area contributed by atoms with Gasteiger partial charge in [-0.2, -0.15) is 0 Å². The molecule has 4 nitrogen and oxygen atoms in total. The quantitative estimate of drug-likeness (QED) is 0.703. The fourth-order valence-corrected chi connectivity index (χ4v) is 4.74. The summed E-state index contributed by atoms with van der Waals surface area (Å²) >= 11 is 1.72. The molecular formula is C23H26N2O2S. The van der Waals surface area contributed by atoms with E-state index in [2.05, 4.69) is 24.3 Å². The van der Waals surface area contributed by atoms with Crippen molar-refractivity contribution in [3.05, 3.63) is 66.2 Å². The summed E-state index contributed by atoms with van der Waals surface area (Å²) < 4.78 is 0. The molecule has 0 unspecified atom stereocenters. The van der Waals surface area contributed by atoms with Crippen LogP contribution in [0.3, 0.4) is 0 Å². The van der Waals surface area contributed by atoms with Gasteiger partial charge in [-0.05, 0) is 30.0 Å². The number of nitrogens with zero attached hydrogens (tertiary/aromatic N) is 2. The fraction of sp³-hybridized carbons (Fsp3) is 0.391. The van der Waals surface area contributed by atoms with Gasteiger partial charge in [0.1, 0.15) is 0 Å². The zero-order valence-corrected chi connectivity index (χ0v) is 16.8. The third kappa shape index (κ3) is 4.58. The normalized spacial score (nSPS) is 21.4. The van der Waals surface area contributed by atoms with Crippen molar-refractivity contribution in [2.45, 2.75) is 23.7 Å². The van der Waals surface area contributed by atoms with Gasteiger partial charge in [0, 0.05) is 49.2 Å². The van der Waals surface area contributed by atoms with Gasteiger partial charge in [0.25, 0.3) is 0 Å². The van der Waals surface area contributed by atoms with Gasteiger partial charge in [-0.15, -0.1) is 11.8 Å².